The lowest BCUT2D eigenvalue weighted by Crippen LogP contribution is -2.15. The van der Waals surface area contributed by atoms with E-state index >= 15 is 0 Å². The van der Waals surface area contributed by atoms with E-state index in [0.29, 0.717) is 25.2 Å². The van der Waals surface area contributed by atoms with Gasteiger partial charge in [0.2, 0.25) is 0 Å². The Hall–Kier alpha value is -1.87. The third-order valence-electron chi connectivity index (χ3n) is 5.15. The standard InChI is InChI=1S/C25H24Br2ClNO4S/c1-3-4-5-17-7-10-20(11-8-17)29-34(31,32)23-14-19(9-6-16(23)2)25(30)33-15-18-12-21(26)24(28)22(27)13-18/h6-14,29H,3-5,15H2,1-2H3. The topological polar surface area (TPSA) is 72.5 Å². The molecule has 0 aliphatic carbocycles. The maximum absolute atomic E-state index is 13.1. The zero-order valence-corrected chi connectivity index (χ0v) is 23.4. The number of carbonyl (C=O) groups is 1. The van der Waals surface area contributed by atoms with Crippen molar-refractivity contribution in [1.82, 2.24) is 0 Å². The number of hydrogen-bond donors (Lipinski definition) is 1. The molecule has 0 bridgehead atoms. The number of aryl methyl sites for hydroxylation is 2. The second-order valence-corrected chi connectivity index (χ2v) is 11.6. The number of unbranched alkanes of at least 4 members (excludes halogenated alkanes) is 1. The smallest absolute Gasteiger partial charge is 0.338 e. The van der Waals surface area contributed by atoms with E-state index in [4.69, 9.17) is 16.3 Å². The first-order chi connectivity index (χ1) is 16.1. The summed E-state index contributed by atoms with van der Waals surface area (Å²) in [5, 5.41) is 0.520. The fourth-order valence-electron chi connectivity index (χ4n) is 3.27. The van der Waals surface area contributed by atoms with Gasteiger partial charge in [-0.1, -0.05) is 43.1 Å². The lowest BCUT2D eigenvalue weighted by molar-refractivity contribution is 0.0472. The zero-order valence-electron chi connectivity index (χ0n) is 18.7. The lowest BCUT2D eigenvalue weighted by atomic mass is 10.1. The average molecular weight is 630 g/mol. The van der Waals surface area contributed by atoms with Gasteiger partial charge in [-0.2, -0.15) is 0 Å². The van der Waals surface area contributed by atoms with Crippen LogP contribution in [0.1, 0.15) is 46.8 Å². The summed E-state index contributed by atoms with van der Waals surface area (Å²) in [5.74, 6) is -0.626. The van der Waals surface area contributed by atoms with Gasteiger partial charge in [-0.15, -0.1) is 0 Å². The number of sulfonamides is 1. The number of benzene rings is 3. The molecule has 5 nitrogen and oxygen atoms in total. The number of ether oxygens (including phenoxy) is 1. The Morgan fingerprint density at radius 1 is 1.00 bits per heavy atom. The van der Waals surface area contributed by atoms with Gasteiger partial charge in [0.1, 0.15) is 6.61 Å². The molecular formula is C25H24Br2ClNO4S. The summed E-state index contributed by atoms with van der Waals surface area (Å²) in [7, 11) is -3.90. The predicted molar refractivity (Wildman–Crippen MR) is 143 cm³/mol. The number of hydrogen-bond acceptors (Lipinski definition) is 4. The van der Waals surface area contributed by atoms with Gasteiger partial charge >= 0.3 is 5.97 Å². The van der Waals surface area contributed by atoms with Crippen molar-refractivity contribution in [3.05, 3.63) is 90.8 Å². The number of esters is 1. The quantitative estimate of drug-likeness (QED) is 0.195. The van der Waals surface area contributed by atoms with E-state index < -0.39 is 16.0 Å². The van der Waals surface area contributed by atoms with E-state index in [9.17, 15) is 13.2 Å². The predicted octanol–water partition coefficient (Wildman–Crippen LogP) is 7.67. The summed E-state index contributed by atoms with van der Waals surface area (Å²) >= 11 is 12.8. The van der Waals surface area contributed by atoms with Crippen LogP contribution in [0.25, 0.3) is 0 Å². The molecule has 0 aromatic heterocycles. The van der Waals surface area contributed by atoms with E-state index in [1.54, 1.807) is 43.3 Å². The van der Waals surface area contributed by atoms with E-state index in [-0.39, 0.29) is 17.1 Å². The van der Waals surface area contributed by atoms with Crippen molar-refractivity contribution >= 4 is 65.1 Å². The molecule has 1 N–H and O–H groups in total. The van der Waals surface area contributed by atoms with Gasteiger partial charge in [-0.3, -0.25) is 4.72 Å². The number of nitrogens with one attached hydrogen (secondary N) is 1. The van der Waals surface area contributed by atoms with Crippen LogP contribution in [0.15, 0.2) is 68.4 Å². The molecule has 3 aromatic rings. The first-order valence-corrected chi connectivity index (χ1v) is 14.1. The van der Waals surface area contributed by atoms with E-state index in [1.165, 1.54) is 6.07 Å². The molecule has 0 aliphatic heterocycles. The number of halogens is 3. The zero-order chi connectivity index (χ0) is 24.9. The highest BCUT2D eigenvalue weighted by molar-refractivity contribution is 9.11. The van der Waals surface area contributed by atoms with Gasteiger partial charge in [0, 0.05) is 14.6 Å². The second-order valence-electron chi connectivity index (χ2n) is 7.84. The maximum Gasteiger partial charge on any atom is 0.338 e. The van der Waals surface area contributed by atoms with E-state index in [2.05, 4.69) is 43.5 Å². The normalized spacial score (nSPS) is 11.3. The van der Waals surface area contributed by atoms with Crippen molar-refractivity contribution in [3.8, 4) is 0 Å². The Kier molecular flexibility index (Phi) is 9.20. The van der Waals surface area contributed by atoms with E-state index in [0.717, 1.165) is 30.4 Å². The summed E-state index contributed by atoms with van der Waals surface area (Å²) in [6.45, 7) is 3.82. The second kappa shape index (κ2) is 11.7. The van der Waals surface area contributed by atoms with Crippen LogP contribution in [-0.2, 0) is 27.8 Å². The molecule has 0 saturated carbocycles. The van der Waals surface area contributed by atoms with Crippen LogP contribution in [-0.4, -0.2) is 14.4 Å². The van der Waals surface area contributed by atoms with Gasteiger partial charge in [0.05, 0.1) is 15.5 Å². The van der Waals surface area contributed by atoms with Gasteiger partial charge in [0.25, 0.3) is 10.0 Å². The average Bonchev–Trinajstić information content (AvgIpc) is 2.80. The van der Waals surface area contributed by atoms with Crippen LogP contribution >= 0.6 is 43.5 Å². The summed E-state index contributed by atoms with van der Waals surface area (Å²) in [4.78, 5) is 12.7. The van der Waals surface area contributed by atoms with Crippen molar-refractivity contribution in [1.29, 1.82) is 0 Å². The van der Waals surface area contributed by atoms with Crippen LogP contribution < -0.4 is 4.72 Å². The summed E-state index contributed by atoms with van der Waals surface area (Å²) in [6, 6.07) is 15.3. The molecule has 0 fully saturated rings. The van der Waals surface area contributed by atoms with Gasteiger partial charge in [-0.25, -0.2) is 13.2 Å². The van der Waals surface area contributed by atoms with Gasteiger partial charge in [0.15, 0.2) is 0 Å². The summed E-state index contributed by atoms with van der Waals surface area (Å²) < 4.78 is 35.4. The molecular weight excluding hydrogens is 606 g/mol. The van der Waals surface area contributed by atoms with Crippen molar-refractivity contribution in [2.75, 3.05) is 4.72 Å². The third-order valence-corrected chi connectivity index (χ3v) is 8.79. The lowest BCUT2D eigenvalue weighted by Gasteiger charge is -2.13. The highest BCUT2D eigenvalue weighted by atomic mass is 79.9. The van der Waals surface area contributed by atoms with Crippen molar-refractivity contribution < 1.29 is 17.9 Å². The minimum absolute atomic E-state index is 0.00575. The third kappa shape index (κ3) is 6.84. The molecule has 3 aromatic carbocycles. The van der Waals surface area contributed by atoms with Crippen molar-refractivity contribution in [2.24, 2.45) is 0 Å². The molecule has 0 atom stereocenters. The molecule has 34 heavy (non-hydrogen) atoms. The Morgan fingerprint density at radius 2 is 1.65 bits per heavy atom. The van der Waals surface area contributed by atoms with Crippen LogP contribution in [0.3, 0.4) is 0 Å². The molecule has 0 amide bonds. The fraction of sp³-hybridized carbons (Fsp3) is 0.240. The molecule has 0 radical (unpaired) electrons. The highest BCUT2D eigenvalue weighted by Crippen LogP contribution is 2.32. The minimum atomic E-state index is -3.90. The van der Waals surface area contributed by atoms with Crippen LogP contribution in [0.4, 0.5) is 5.69 Å². The largest absolute Gasteiger partial charge is 0.457 e. The Bertz CT molecular complexity index is 1270. The Morgan fingerprint density at radius 3 is 2.26 bits per heavy atom. The monoisotopic (exact) mass is 627 g/mol. The molecule has 0 spiro atoms. The first-order valence-electron chi connectivity index (χ1n) is 10.6. The maximum atomic E-state index is 13.1. The first kappa shape index (κ1) is 26.7. The molecule has 3 rings (SSSR count). The highest BCUT2D eigenvalue weighted by Gasteiger charge is 2.20. The molecule has 9 heteroatoms. The Labute approximate surface area is 222 Å². The molecule has 180 valence electrons. The van der Waals surface area contributed by atoms with Crippen LogP contribution in [0, 0.1) is 6.92 Å². The Balaban J connectivity index is 1.74. The van der Waals surface area contributed by atoms with E-state index in [1.807, 2.05) is 12.1 Å². The van der Waals surface area contributed by atoms with Gasteiger partial charge < -0.3 is 4.74 Å². The number of carbonyl (C=O) groups excluding carboxylic acids is 1. The van der Waals surface area contributed by atoms with Gasteiger partial charge in [-0.05, 0) is 105 Å². The van der Waals surface area contributed by atoms with Crippen LogP contribution in [0.5, 0.6) is 0 Å². The summed E-state index contributed by atoms with van der Waals surface area (Å²) in [5.41, 5.74) is 3.01. The van der Waals surface area contributed by atoms with Crippen LogP contribution in [0.2, 0.25) is 5.02 Å². The summed E-state index contributed by atoms with van der Waals surface area (Å²) in [6.07, 6.45) is 3.14. The molecule has 0 aliphatic rings. The molecule has 0 heterocycles. The SMILES string of the molecule is CCCCc1ccc(NS(=O)(=O)c2cc(C(=O)OCc3cc(Br)c(Cl)c(Br)c3)ccc2C)cc1. The molecule has 0 saturated heterocycles. The number of rotatable bonds is 9. The fourth-order valence-corrected chi connectivity index (χ4v) is 5.99. The number of anilines is 1. The van der Waals surface area contributed by atoms with Crippen molar-refractivity contribution in [3.63, 3.8) is 0 Å². The minimum Gasteiger partial charge on any atom is -0.457 e. The van der Waals surface area contributed by atoms with Crippen molar-refractivity contribution in [2.45, 2.75) is 44.6 Å². The molecule has 0 unspecified atom stereocenters.